The van der Waals surface area contributed by atoms with E-state index in [2.05, 4.69) is 0 Å². The van der Waals surface area contributed by atoms with Crippen LogP contribution in [0, 0.1) is 12.8 Å². The SMILES string of the molecule is Cc1c(Cl)cc(S(N)(=O)=O)cc1C(=O)OCC1CCCC1. The van der Waals surface area contributed by atoms with E-state index >= 15 is 0 Å². The van der Waals surface area contributed by atoms with Crippen molar-refractivity contribution in [1.29, 1.82) is 0 Å². The first-order valence-corrected chi connectivity index (χ1v) is 8.71. The van der Waals surface area contributed by atoms with Crippen LogP contribution >= 0.6 is 11.6 Å². The predicted octanol–water partition coefficient (Wildman–Crippen LogP) is 2.64. The molecule has 0 saturated heterocycles. The number of primary sulfonamides is 1. The minimum absolute atomic E-state index is 0.143. The van der Waals surface area contributed by atoms with Crippen molar-refractivity contribution >= 4 is 27.6 Å². The minimum atomic E-state index is -3.92. The van der Waals surface area contributed by atoms with Gasteiger partial charge in [0.15, 0.2) is 0 Å². The summed E-state index contributed by atoms with van der Waals surface area (Å²) >= 11 is 5.97. The quantitative estimate of drug-likeness (QED) is 0.859. The van der Waals surface area contributed by atoms with Gasteiger partial charge in [0, 0.05) is 5.02 Å². The van der Waals surface area contributed by atoms with Crippen LogP contribution in [0.25, 0.3) is 0 Å². The summed E-state index contributed by atoms with van der Waals surface area (Å²) in [5.41, 5.74) is 0.630. The molecule has 1 saturated carbocycles. The van der Waals surface area contributed by atoms with Gasteiger partial charge in [-0.3, -0.25) is 0 Å². The van der Waals surface area contributed by atoms with Crippen molar-refractivity contribution in [2.24, 2.45) is 11.1 Å². The van der Waals surface area contributed by atoms with E-state index in [1.807, 2.05) is 0 Å². The van der Waals surface area contributed by atoms with Gasteiger partial charge < -0.3 is 4.74 Å². The lowest BCUT2D eigenvalue weighted by atomic mass is 10.1. The highest BCUT2D eigenvalue weighted by Gasteiger charge is 2.21. The van der Waals surface area contributed by atoms with Gasteiger partial charge in [0.2, 0.25) is 10.0 Å². The smallest absolute Gasteiger partial charge is 0.338 e. The summed E-state index contributed by atoms with van der Waals surface area (Å²) in [6.45, 7) is 2.00. The van der Waals surface area contributed by atoms with Gasteiger partial charge >= 0.3 is 5.97 Å². The third-order valence-electron chi connectivity index (χ3n) is 3.79. The number of ether oxygens (including phenoxy) is 1. The van der Waals surface area contributed by atoms with E-state index in [9.17, 15) is 13.2 Å². The van der Waals surface area contributed by atoms with E-state index in [-0.39, 0.29) is 15.5 Å². The third kappa shape index (κ3) is 3.96. The average Bonchev–Trinajstić information content (AvgIpc) is 2.91. The zero-order valence-corrected chi connectivity index (χ0v) is 13.3. The summed E-state index contributed by atoms with van der Waals surface area (Å²) in [5, 5.41) is 5.26. The summed E-state index contributed by atoms with van der Waals surface area (Å²) in [4.78, 5) is 11.9. The van der Waals surface area contributed by atoms with Crippen LogP contribution < -0.4 is 5.14 Å². The zero-order chi connectivity index (χ0) is 15.6. The Bertz CT molecular complexity index is 651. The predicted molar refractivity (Wildman–Crippen MR) is 79.8 cm³/mol. The van der Waals surface area contributed by atoms with Crippen LogP contribution in [0.1, 0.15) is 41.6 Å². The lowest BCUT2D eigenvalue weighted by Gasteiger charge is -2.13. The molecule has 1 aromatic rings. The fraction of sp³-hybridized carbons (Fsp3) is 0.500. The number of benzene rings is 1. The first-order chi connectivity index (χ1) is 9.79. The Labute approximate surface area is 129 Å². The first-order valence-electron chi connectivity index (χ1n) is 6.79. The summed E-state index contributed by atoms with van der Waals surface area (Å²) in [6.07, 6.45) is 4.44. The number of hydrogen-bond acceptors (Lipinski definition) is 4. The molecule has 0 heterocycles. The van der Waals surface area contributed by atoms with Crippen molar-refractivity contribution in [2.75, 3.05) is 6.61 Å². The summed E-state index contributed by atoms with van der Waals surface area (Å²) in [7, 11) is -3.92. The molecule has 2 N–H and O–H groups in total. The molecular weight excluding hydrogens is 314 g/mol. The second kappa shape index (κ2) is 6.34. The maximum Gasteiger partial charge on any atom is 0.338 e. The molecule has 0 bridgehead atoms. The van der Waals surface area contributed by atoms with Crippen LogP contribution in [-0.2, 0) is 14.8 Å². The number of rotatable bonds is 4. The van der Waals surface area contributed by atoms with Crippen LogP contribution in [0.4, 0.5) is 0 Å². The van der Waals surface area contributed by atoms with Gasteiger partial charge in [-0.05, 0) is 43.4 Å². The topological polar surface area (TPSA) is 86.5 Å². The third-order valence-corrected chi connectivity index (χ3v) is 5.08. The number of nitrogens with two attached hydrogens (primary N) is 1. The lowest BCUT2D eigenvalue weighted by molar-refractivity contribution is 0.0441. The van der Waals surface area contributed by atoms with Gasteiger partial charge in [-0.1, -0.05) is 24.4 Å². The summed E-state index contributed by atoms with van der Waals surface area (Å²) in [5.74, 6) is -0.169. The highest BCUT2D eigenvalue weighted by molar-refractivity contribution is 7.89. The molecule has 0 aromatic heterocycles. The Morgan fingerprint density at radius 2 is 2.00 bits per heavy atom. The van der Waals surface area contributed by atoms with Crippen molar-refractivity contribution in [2.45, 2.75) is 37.5 Å². The van der Waals surface area contributed by atoms with E-state index in [1.54, 1.807) is 6.92 Å². The van der Waals surface area contributed by atoms with Gasteiger partial charge in [-0.15, -0.1) is 0 Å². The molecule has 2 rings (SSSR count). The van der Waals surface area contributed by atoms with E-state index in [4.69, 9.17) is 21.5 Å². The van der Waals surface area contributed by atoms with Crippen molar-refractivity contribution in [1.82, 2.24) is 0 Å². The molecule has 116 valence electrons. The van der Waals surface area contributed by atoms with E-state index in [0.717, 1.165) is 25.7 Å². The molecule has 1 fully saturated rings. The molecule has 1 aliphatic rings. The highest BCUT2D eigenvalue weighted by Crippen LogP contribution is 2.27. The van der Waals surface area contributed by atoms with Crippen molar-refractivity contribution in [3.05, 3.63) is 28.3 Å². The number of esters is 1. The Kier molecular flexibility index (Phi) is 4.91. The monoisotopic (exact) mass is 331 g/mol. The second-order valence-electron chi connectivity index (χ2n) is 5.37. The average molecular weight is 332 g/mol. The lowest BCUT2D eigenvalue weighted by Crippen LogP contribution is -2.16. The van der Waals surface area contributed by atoms with Gasteiger partial charge in [0.25, 0.3) is 0 Å². The Morgan fingerprint density at radius 1 is 1.38 bits per heavy atom. The standard InChI is InChI=1S/C14H18ClNO4S/c1-9-12(6-11(7-13(9)15)21(16,18)19)14(17)20-8-10-4-2-3-5-10/h6-7,10H,2-5,8H2,1H3,(H2,16,18,19). The van der Waals surface area contributed by atoms with Gasteiger partial charge in [0.05, 0.1) is 17.1 Å². The number of sulfonamides is 1. The zero-order valence-electron chi connectivity index (χ0n) is 11.8. The van der Waals surface area contributed by atoms with Crippen LogP contribution in [0.3, 0.4) is 0 Å². The maximum atomic E-state index is 12.1. The molecule has 1 aromatic carbocycles. The molecule has 0 aliphatic heterocycles. The van der Waals surface area contributed by atoms with Crippen molar-refractivity contribution in [3.63, 3.8) is 0 Å². The summed E-state index contributed by atoms with van der Waals surface area (Å²) < 4.78 is 28.1. The number of carbonyl (C=O) groups is 1. The van der Waals surface area contributed by atoms with Crippen LogP contribution in [0.15, 0.2) is 17.0 Å². The van der Waals surface area contributed by atoms with Gasteiger partial charge in [-0.25, -0.2) is 18.4 Å². The summed E-state index contributed by atoms with van der Waals surface area (Å²) in [6, 6.07) is 2.45. The molecule has 0 amide bonds. The van der Waals surface area contributed by atoms with Gasteiger partial charge in [0.1, 0.15) is 0 Å². The number of carbonyl (C=O) groups excluding carboxylic acids is 1. The maximum absolute atomic E-state index is 12.1. The molecule has 0 radical (unpaired) electrons. The highest BCUT2D eigenvalue weighted by atomic mass is 35.5. The molecule has 21 heavy (non-hydrogen) atoms. The Morgan fingerprint density at radius 3 is 2.57 bits per heavy atom. The molecule has 0 unspecified atom stereocenters. The molecular formula is C14H18ClNO4S. The molecule has 0 spiro atoms. The number of halogens is 1. The van der Waals surface area contributed by atoms with E-state index in [0.29, 0.717) is 18.1 Å². The van der Waals surface area contributed by atoms with E-state index < -0.39 is 16.0 Å². The second-order valence-corrected chi connectivity index (χ2v) is 7.34. The van der Waals surface area contributed by atoms with Crippen LogP contribution in [0.2, 0.25) is 5.02 Å². The van der Waals surface area contributed by atoms with Crippen LogP contribution in [-0.4, -0.2) is 21.0 Å². The van der Waals surface area contributed by atoms with Gasteiger partial charge in [-0.2, -0.15) is 0 Å². The molecule has 5 nitrogen and oxygen atoms in total. The Balaban J connectivity index is 2.21. The van der Waals surface area contributed by atoms with Crippen molar-refractivity contribution < 1.29 is 17.9 Å². The van der Waals surface area contributed by atoms with Crippen LogP contribution in [0.5, 0.6) is 0 Å². The first kappa shape index (κ1) is 16.3. The Hall–Kier alpha value is -1.11. The van der Waals surface area contributed by atoms with Crippen molar-refractivity contribution in [3.8, 4) is 0 Å². The molecule has 1 aliphatic carbocycles. The molecule has 7 heteroatoms. The van der Waals surface area contributed by atoms with E-state index in [1.165, 1.54) is 12.1 Å². The minimum Gasteiger partial charge on any atom is -0.462 e. The largest absolute Gasteiger partial charge is 0.462 e. The fourth-order valence-electron chi connectivity index (χ4n) is 2.48. The fourth-order valence-corrected chi connectivity index (χ4v) is 3.33. The number of hydrogen-bond donors (Lipinski definition) is 1. The molecule has 0 atom stereocenters. The normalized spacial score (nSPS) is 16.1.